The van der Waals surface area contributed by atoms with E-state index < -0.39 is 24.0 Å². The number of amides is 1. The minimum Gasteiger partial charge on any atom is -0.452 e. The Morgan fingerprint density at radius 1 is 1.30 bits per heavy atom. The van der Waals surface area contributed by atoms with Gasteiger partial charge in [-0.25, -0.2) is 4.79 Å². The first kappa shape index (κ1) is 18.3. The largest absolute Gasteiger partial charge is 0.452 e. The first-order valence-corrected chi connectivity index (χ1v) is 8.56. The molecule has 3 rings (SSSR count). The summed E-state index contributed by atoms with van der Waals surface area (Å²) >= 11 is 0. The summed E-state index contributed by atoms with van der Waals surface area (Å²) in [7, 11) is 0. The molecule has 0 atom stereocenters. The number of ether oxygens (including phenoxy) is 1. The zero-order valence-corrected chi connectivity index (χ0v) is 14.8. The van der Waals surface area contributed by atoms with Gasteiger partial charge in [-0.2, -0.15) is 10.5 Å². The average Bonchev–Trinajstić information content (AvgIpc) is 3.39. The van der Waals surface area contributed by atoms with E-state index >= 15 is 0 Å². The molecule has 1 amide bonds. The normalized spacial score (nSPS) is 14.9. The van der Waals surface area contributed by atoms with E-state index in [9.17, 15) is 20.1 Å². The van der Waals surface area contributed by atoms with Gasteiger partial charge in [-0.05, 0) is 44.7 Å². The van der Waals surface area contributed by atoms with Crippen LogP contribution >= 0.6 is 0 Å². The summed E-state index contributed by atoms with van der Waals surface area (Å²) in [6.07, 6.45) is 6.28. The second kappa shape index (κ2) is 7.38. The zero-order valence-electron chi connectivity index (χ0n) is 14.8. The summed E-state index contributed by atoms with van der Waals surface area (Å²) < 4.78 is 12.2. The van der Waals surface area contributed by atoms with Crippen LogP contribution in [0.2, 0.25) is 0 Å². The Morgan fingerprint density at radius 2 is 1.96 bits per heavy atom. The number of hydrogen-bond acceptors (Lipinski definition) is 6. The molecule has 0 radical (unpaired) electrons. The molecule has 27 heavy (non-hydrogen) atoms. The molecular formula is C19H18N4O4. The molecule has 1 aliphatic rings. The van der Waals surface area contributed by atoms with Crippen LogP contribution in [0.1, 0.15) is 47.4 Å². The van der Waals surface area contributed by atoms with Gasteiger partial charge in [0.25, 0.3) is 5.91 Å². The van der Waals surface area contributed by atoms with Crippen LogP contribution in [0.4, 0.5) is 0 Å². The maximum Gasteiger partial charge on any atom is 0.343 e. The Balaban J connectivity index is 1.71. The molecule has 0 unspecified atom stereocenters. The highest BCUT2D eigenvalue weighted by Crippen LogP contribution is 2.29. The van der Waals surface area contributed by atoms with E-state index in [-0.39, 0.29) is 22.8 Å². The number of aromatic nitrogens is 1. The first-order valence-electron chi connectivity index (χ1n) is 8.56. The minimum absolute atomic E-state index is 0.00939. The molecule has 1 fully saturated rings. The van der Waals surface area contributed by atoms with E-state index in [1.807, 2.05) is 6.07 Å². The quantitative estimate of drug-likeness (QED) is 0.811. The Labute approximate surface area is 155 Å². The molecule has 138 valence electrons. The van der Waals surface area contributed by atoms with Crippen LogP contribution in [0.3, 0.4) is 0 Å². The average molecular weight is 366 g/mol. The Hall–Kier alpha value is -3.52. The minimum atomic E-state index is -0.881. The number of hydrogen-bond donors (Lipinski definition) is 1. The van der Waals surface area contributed by atoms with Gasteiger partial charge < -0.3 is 14.5 Å². The van der Waals surface area contributed by atoms with Crippen molar-refractivity contribution in [3.8, 4) is 18.0 Å². The highest BCUT2D eigenvalue weighted by molar-refractivity contribution is 5.95. The number of nitrogens with zero attached hydrogens (tertiary/aromatic N) is 3. The molecular weight excluding hydrogens is 348 g/mol. The summed E-state index contributed by atoms with van der Waals surface area (Å²) in [6.45, 7) is 1.02. The molecule has 1 saturated carbocycles. The third-order valence-electron chi connectivity index (χ3n) is 4.60. The summed E-state index contributed by atoms with van der Waals surface area (Å²) in [5.74, 6) is -0.924. The van der Waals surface area contributed by atoms with Gasteiger partial charge in [0.1, 0.15) is 28.5 Å². The predicted molar refractivity (Wildman–Crippen MR) is 92.7 cm³/mol. The standard InChI is InChI=1S/C19H18N4O4/c1-13-16(14(10-20)17(27-13)23-8-4-5-9-23)18(25)26-11-15(24)22-19(12-21)6-2-3-7-19/h4-5,8-9H,2-3,6-7,11H2,1H3,(H,22,24). The monoisotopic (exact) mass is 366 g/mol. The predicted octanol–water partition coefficient (Wildman–Crippen LogP) is 2.36. The van der Waals surface area contributed by atoms with E-state index in [4.69, 9.17) is 9.15 Å². The molecule has 0 spiro atoms. The van der Waals surface area contributed by atoms with Crippen LogP contribution in [0.5, 0.6) is 0 Å². The van der Waals surface area contributed by atoms with Gasteiger partial charge in [-0.15, -0.1) is 0 Å². The maximum atomic E-state index is 12.4. The van der Waals surface area contributed by atoms with E-state index in [0.717, 1.165) is 12.8 Å². The molecule has 0 aromatic carbocycles. The van der Waals surface area contributed by atoms with Crippen molar-refractivity contribution in [3.63, 3.8) is 0 Å². The fourth-order valence-electron chi connectivity index (χ4n) is 3.28. The summed E-state index contributed by atoms with van der Waals surface area (Å²) in [4.78, 5) is 24.5. The Bertz CT molecular complexity index is 938. The van der Waals surface area contributed by atoms with Crippen molar-refractivity contribution in [1.82, 2.24) is 9.88 Å². The van der Waals surface area contributed by atoms with Crippen LogP contribution in [0, 0.1) is 29.6 Å². The van der Waals surface area contributed by atoms with Gasteiger partial charge in [0.05, 0.1) is 6.07 Å². The van der Waals surface area contributed by atoms with E-state index in [2.05, 4.69) is 11.4 Å². The van der Waals surface area contributed by atoms with Crippen LogP contribution in [0.25, 0.3) is 5.88 Å². The smallest absolute Gasteiger partial charge is 0.343 e. The fourth-order valence-corrected chi connectivity index (χ4v) is 3.28. The number of esters is 1. The van der Waals surface area contributed by atoms with Crippen molar-refractivity contribution < 1.29 is 18.7 Å². The van der Waals surface area contributed by atoms with Gasteiger partial charge in [-0.3, -0.25) is 9.36 Å². The molecule has 1 aliphatic carbocycles. The molecule has 2 heterocycles. The number of nitrogens with one attached hydrogen (secondary N) is 1. The van der Waals surface area contributed by atoms with E-state index in [1.54, 1.807) is 36.0 Å². The lowest BCUT2D eigenvalue weighted by atomic mass is 10.00. The Morgan fingerprint density at radius 3 is 2.56 bits per heavy atom. The molecule has 0 bridgehead atoms. The van der Waals surface area contributed by atoms with Crippen molar-refractivity contribution in [1.29, 1.82) is 10.5 Å². The Kier molecular flexibility index (Phi) is 5.00. The highest BCUT2D eigenvalue weighted by Gasteiger charge is 2.35. The van der Waals surface area contributed by atoms with E-state index in [1.165, 1.54) is 0 Å². The summed E-state index contributed by atoms with van der Waals surface area (Å²) in [5, 5.41) is 21.4. The first-order chi connectivity index (χ1) is 13.0. The number of furan rings is 1. The summed E-state index contributed by atoms with van der Waals surface area (Å²) in [6, 6.07) is 7.62. The highest BCUT2D eigenvalue weighted by atomic mass is 16.5. The molecule has 8 heteroatoms. The van der Waals surface area contributed by atoms with Gasteiger partial charge in [-0.1, -0.05) is 0 Å². The number of nitriles is 2. The number of carbonyl (C=O) groups is 2. The second-order valence-corrected chi connectivity index (χ2v) is 6.44. The topological polar surface area (TPSA) is 121 Å². The van der Waals surface area contributed by atoms with Crippen LogP contribution in [0.15, 0.2) is 28.9 Å². The third-order valence-corrected chi connectivity index (χ3v) is 4.60. The SMILES string of the molecule is Cc1oc(-n2cccc2)c(C#N)c1C(=O)OCC(=O)NC1(C#N)CCCC1. The number of rotatable bonds is 5. The molecule has 2 aromatic heterocycles. The van der Waals surface area contributed by atoms with Gasteiger partial charge in [0.15, 0.2) is 6.61 Å². The van der Waals surface area contributed by atoms with Crippen molar-refractivity contribution in [2.45, 2.75) is 38.1 Å². The van der Waals surface area contributed by atoms with Gasteiger partial charge in [0, 0.05) is 12.4 Å². The third kappa shape index (κ3) is 3.56. The fraction of sp³-hybridized carbons (Fsp3) is 0.368. The van der Waals surface area contributed by atoms with Gasteiger partial charge in [0.2, 0.25) is 5.88 Å². The zero-order chi connectivity index (χ0) is 19.4. The molecule has 0 aliphatic heterocycles. The lowest BCUT2D eigenvalue weighted by molar-refractivity contribution is -0.125. The van der Waals surface area contributed by atoms with Crippen LogP contribution in [-0.2, 0) is 9.53 Å². The number of aryl methyl sites for hydroxylation is 1. The van der Waals surface area contributed by atoms with Crippen LogP contribution < -0.4 is 5.32 Å². The lowest BCUT2D eigenvalue weighted by Crippen LogP contribution is -2.46. The van der Waals surface area contributed by atoms with Crippen LogP contribution in [-0.4, -0.2) is 28.6 Å². The van der Waals surface area contributed by atoms with Gasteiger partial charge >= 0.3 is 5.97 Å². The number of carbonyl (C=O) groups excluding carboxylic acids is 2. The van der Waals surface area contributed by atoms with E-state index in [0.29, 0.717) is 12.8 Å². The molecule has 2 aromatic rings. The lowest BCUT2D eigenvalue weighted by Gasteiger charge is -2.21. The summed E-state index contributed by atoms with van der Waals surface area (Å²) in [5.41, 5.74) is -0.850. The van der Waals surface area contributed by atoms with Crippen molar-refractivity contribution in [2.75, 3.05) is 6.61 Å². The van der Waals surface area contributed by atoms with Crippen molar-refractivity contribution >= 4 is 11.9 Å². The maximum absolute atomic E-state index is 12.4. The molecule has 1 N–H and O–H groups in total. The van der Waals surface area contributed by atoms with Crippen molar-refractivity contribution in [2.24, 2.45) is 0 Å². The molecule has 0 saturated heterocycles. The second-order valence-electron chi connectivity index (χ2n) is 6.44. The van der Waals surface area contributed by atoms with Crippen molar-refractivity contribution in [3.05, 3.63) is 41.4 Å². The molecule has 8 nitrogen and oxygen atoms in total.